The number of benzene rings is 4. The van der Waals surface area contributed by atoms with E-state index in [-0.39, 0.29) is 37.0 Å². The van der Waals surface area contributed by atoms with Crippen molar-refractivity contribution in [2.75, 3.05) is 75.6 Å². The van der Waals surface area contributed by atoms with Gasteiger partial charge in [0.2, 0.25) is 11.8 Å². The van der Waals surface area contributed by atoms with Crippen LogP contribution in [0.1, 0.15) is 47.3 Å². The summed E-state index contributed by atoms with van der Waals surface area (Å²) in [5.41, 5.74) is 6.78. The number of nitrogens with zero attached hydrogens (tertiary/aromatic N) is 4. The molecule has 6 N–H and O–H groups in total. The molecule has 4 aromatic carbocycles. The highest BCUT2D eigenvalue weighted by atomic mass is 32.2. The van der Waals surface area contributed by atoms with Gasteiger partial charge >= 0.3 is 0 Å². The van der Waals surface area contributed by atoms with Gasteiger partial charge in [0.15, 0.2) is 0 Å². The Morgan fingerprint density at radius 2 is 1.10 bits per heavy atom. The number of hydrogen-bond acceptors (Lipinski definition) is 14. The minimum Gasteiger partial charge on any atom is -0.497 e. The number of amides is 2. The second kappa shape index (κ2) is 22.8. The molecular weight excluding hydrogens is 935 g/mol. The summed E-state index contributed by atoms with van der Waals surface area (Å²) in [6.45, 7) is 3.68. The average Bonchev–Trinajstić information content (AvgIpc) is 3.37. The van der Waals surface area contributed by atoms with Crippen LogP contribution in [0.3, 0.4) is 0 Å². The molecule has 18 heteroatoms. The van der Waals surface area contributed by atoms with E-state index in [4.69, 9.17) is 9.47 Å². The van der Waals surface area contributed by atoms with Crippen LogP contribution in [0.2, 0.25) is 0 Å². The Bertz CT molecular complexity index is 2640. The lowest BCUT2D eigenvalue weighted by atomic mass is 9.99. The SMILES string of the molecule is COc1ccc2nccc([C@@H](O)CN3CC[C@@H](NCc4ccc5c(c4)NC(=O)CS5)[C@@H](F)C3)c2c1.COc1ccc2nccc([C@@H](O)CN3CC[C@H](NCc4ccc5c(c4)NC(=O)CS5)[C@H](F)C3)c2c1. The molecule has 14 nitrogen and oxygen atoms in total. The molecule has 2 saturated heterocycles. The number of aromatic nitrogens is 2. The molecule has 0 aliphatic carbocycles. The molecule has 0 bridgehead atoms. The molecule has 4 aliphatic heterocycles. The molecule has 2 aromatic heterocycles. The van der Waals surface area contributed by atoms with E-state index in [2.05, 4.69) is 31.2 Å². The van der Waals surface area contributed by atoms with Crippen molar-refractivity contribution in [2.24, 2.45) is 0 Å². The van der Waals surface area contributed by atoms with E-state index in [9.17, 15) is 19.8 Å². The molecule has 0 saturated carbocycles. The number of piperidine rings is 2. The molecule has 4 aliphatic rings. The van der Waals surface area contributed by atoms with Crippen LogP contribution in [0.4, 0.5) is 20.2 Å². The Hall–Kier alpha value is -5.44. The smallest absolute Gasteiger partial charge is 0.234 e. The lowest BCUT2D eigenvalue weighted by molar-refractivity contribution is -0.114. The molecule has 6 heterocycles. The van der Waals surface area contributed by atoms with Gasteiger partial charge in [-0.3, -0.25) is 29.4 Å². The first-order valence-electron chi connectivity index (χ1n) is 23.5. The summed E-state index contributed by atoms with van der Waals surface area (Å²) in [5, 5.41) is 36.1. The molecule has 10 rings (SSSR count). The van der Waals surface area contributed by atoms with Crippen molar-refractivity contribution in [1.82, 2.24) is 30.4 Å². The van der Waals surface area contributed by atoms with Crippen molar-refractivity contribution < 1.29 is 38.1 Å². The number of halogens is 2. The van der Waals surface area contributed by atoms with E-state index in [0.29, 0.717) is 75.1 Å². The number of pyridine rings is 2. The molecule has 6 aromatic rings. The Kier molecular flexibility index (Phi) is 16.1. The highest BCUT2D eigenvalue weighted by Gasteiger charge is 2.32. The van der Waals surface area contributed by atoms with E-state index in [1.807, 2.05) is 94.7 Å². The third kappa shape index (κ3) is 12.0. The highest BCUT2D eigenvalue weighted by molar-refractivity contribution is 8.00. The summed E-state index contributed by atoms with van der Waals surface area (Å²) in [7, 11) is 3.21. The van der Waals surface area contributed by atoms with Crippen LogP contribution in [0.15, 0.2) is 107 Å². The van der Waals surface area contributed by atoms with Crippen molar-refractivity contribution >= 4 is 68.5 Å². The van der Waals surface area contributed by atoms with Gasteiger partial charge in [-0.15, -0.1) is 23.5 Å². The predicted octanol–water partition coefficient (Wildman–Crippen LogP) is 7.05. The normalized spacial score (nSPS) is 21.4. The van der Waals surface area contributed by atoms with Crippen LogP contribution in [-0.2, 0) is 22.7 Å². The average molecular weight is 993 g/mol. The number of aliphatic hydroxyl groups excluding tert-OH is 2. The number of thioether (sulfide) groups is 2. The van der Waals surface area contributed by atoms with Crippen LogP contribution < -0.4 is 30.7 Å². The molecule has 70 heavy (non-hydrogen) atoms. The van der Waals surface area contributed by atoms with Gasteiger partial charge in [-0.2, -0.15) is 0 Å². The van der Waals surface area contributed by atoms with Crippen LogP contribution in [0.5, 0.6) is 11.5 Å². The minimum atomic E-state index is -1.04. The number of aliphatic hydroxyl groups is 2. The highest BCUT2D eigenvalue weighted by Crippen LogP contribution is 2.34. The number of anilines is 2. The molecule has 0 spiro atoms. The summed E-state index contributed by atoms with van der Waals surface area (Å²) in [6, 6.07) is 26.3. The topological polar surface area (TPSA) is 173 Å². The Balaban J connectivity index is 0.000000174. The summed E-state index contributed by atoms with van der Waals surface area (Å²) >= 11 is 3.06. The number of β-amino-alcohol motifs (C(OH)–C–C–N with tert-alkyl or cyclic N) is 2. The Morgan fingerprint density at radius 3 is 1.51 bits per heavy atom. The molecule has 2 amide bonds. The molecule has 0 unspecified atom stereocenters. The first-order chi connectivity index (χ1) is 34.0. The fourth-order valence-electron chi connectivity index (χ4n) is 9.52. The second-order valence-corrected chi connectivity index (χ2v) is 20.1. The number of methoxy groups -OCH3 is 2. The number of alkyl halides is 2. The number of carbonyl (C=O) groups excluding carboxylic acids is 2. The van der Waals surface area contributed by atoms with Gasteiger partial charge in [-0.25, -0.2) is 8.78 Å². The molecule has 2 fully saturated rings. The lowest BCUT2D eigenvalue weighted by Gasteiger charge is -2.36. The summed E-state index contributed by atoms with van der Waals surface area (Å²) in [4.78, 5) is 38.1. The number of hydrogen-bond donors (Lipinski definition) is 6. The van der Waals surface area contributed by atoms with Gasteiger partial charge in [-0.05, 0) is 121 Å². The Morgan fingerprint density at radius 1 is 0.657 bits per heavy atom. The maximum Gasteiger partial charge on any atom is 0.234 e. The van der Waals surface area contributed by atoms with Crippen molar-refractivity contribution in [1.29, 1.82) is 0 Å². The van der Waals surface area contributed by atoms with Crippen molar-refractivity contribution in [3.8, 4) is 11.5 Å². The third-order valence-corrected chi connectivity index (χ3v) is 15.4. The maximum atomic E-state index is 15.1. The van der Waals surface area contributed by atoms with E-state index in [1.54, 1.807) is 26.6 Å². The van der Waals surface area contributed by atoms with E-state index < -0.39 is 24.6 Å². The van der Waals surface area contributed by atoms with E-state index >= 15 is 8.78 Å². The zero-order chi connectivity index (χ0) is 48.7. The van der Waals surface area contributed by atoms with Crippen molar-refractivity contribution in [3.63, 3.8) is 0 Å². The van der Waals surface area contributed by atoms with Gasteiger partial charge in [-0.1, -0.05) is 12.1 Å². The maximum absolute atomic E-state index is 15.1. The first kappa shape index (κ1) is 49.5. The summed E-state index contributed by atoms with van der Waals surface area (Å²) < 4.78 is 40.8. The van der Waals surface area contributed by atoms with Crippen LogP contribution in [0.25, 0.3) is 21.8 Å². The summed E-state index contributed by atoms with van der Waals surface area (Å²) in [5.74, 6) is 2.29. The number of fused-ring (bicyclic) bond motifs is 4. The van der Waals surface area contributed by atoms with Crippen LogP contribution >= 0.6 is 23.5 Å². The van der Waals surface area contributed by atoms with Crippen LogP contribution in [-0.4, -0.2) is 131 Å². The fraction of sp³-hybridized carbons (Fsp3) is 0.385. The zero-order valence-corrected chi connectivity index (χ0v) is 40.7. The largest absolute Gasteiger partial charge is 0.497 e. The van der Waals surface area contributed by atoms with Gasteiger partial charge in [0, 0.05) is 84.3 Å². The lowest BCUT2D eigenvalue weighted by Crippen LogP contribution is -2.51. The molecule has 0 radical (unpaired) electrons. The van der Waals surface area contributed by atoms with Crippen molar-refractivity contribution in [3.05, 3.63) is 120 Å². The number of likely N-dealkylation sites (tertiary alicyclic amines) is 2. The predicted molar refractivity (Wildman–Crippen MR) is 271 cm³/mol. The second-order valence-electron chi connectivity index (χ2n) is 18.0. The first-order valence-corrected chi connectivity index (χ1v) is 25.5. The number of carbonyl (C=O) groups is 2. The fourth-order valence-corrected chi connectivity index (χ4v) is 11.1. The van der Waals surface area contributed by atoms with Crippen LogP contribution in [0, 0.1) is 0 Å². The van der Waals surface area contributed by atoms with E-state index in [0.717, 1.165) is 65.2 Å². The molecule has 368 valence electrons. The number of rotatable bonds is 14. The monoisotopic (exact) mass is 992 g/mol. The zero-order valence-electron chi connectivity index (χ0n) is 39.1. The van der Waals surface area contributed by atoms with Gasteiger partial charge in [0.05, 0.1) is 60.3 Å². The van der Waals surface area contributed by atoms with Crippen molar-refractivity contribution in [2.45, 2.75) is 72.4 Å². The Labute approximate surface area is 414 Å². The van der Waals surface area contributed by atoms with Gasteiger partial charge in [0.1, 0.15) is 23.8 Å². The van der Waals surface area contributed by atoms with Gasteiger partial charge < -0.3 is 41.0 Å². The van der Waals surface area contributed by atoms with Gasteiger partial charge in [0.25, 0.3) is 0 Å². The minimum absolute atomic E-state index is 0.00453. The quantitative estimate of drug-likeness (QED) is 0.0656. The number of ether oxygens (including phenoxy) is 2. The number of nitrogens with one attached hydrogen (secondary N) is 4. The van der Waals surface area contributed by atoms with E-state index in [1.165, 1.54) is 23.5 Å². The molecule has 6 atom stereocenters. The molecular formula is C52H58F2N8O6S2. The third-order valence-electron chi connectivity index (χ3n) is 13.3. The standard InChI is InChI=1S/2C26H29FN4O3S/c2*1-34-17-3-4-21-19(11-17)18(6-8-28-21)24(32)14-31-9-7-22(20(27)13-31)29-12-16-2-5-25-23(10-16)30-26(33)15-35-25/h2*2-6,8,10-11,20,22,24,29,32H,7,9,12-15H2,1H3,(H,30,33)/t20-,22+,24+;20-,22+,24-/m10/s1. The summed E-state index contributed by atoms with van der Waals surface area (Å²) in [6.07, 6.45) is 1.07.